The molecule has 1 aliphatic carbocycles. The summed E-state index contributed by atoms with van der Waals surface area (Å²) in [7, 11) is 0. The fraction of sp³-hybridized carbons (Fsp3) is 0.889. The molecular weight excluding hydrogens is 172 g/mol. The van der Waals surface area contributed by atoms with Gasteiger partial charge in [-0.05, 0) is 12.8 Å². The molecule has 0 amide bonds. The minimum atomic E-state index is -0.943. The van der Waals surface area contributed by atoms with Crippen LogP contribution in [0.3, 0.4) is 0 Å². The molecule has 1 rings (SSSR count). The molecule has 1 fully saturated rings. The van der Waals surface area contributed by atoms with Crippen LogP contribution in [0.1, 0.15) is 26.7 Å². The molecule has 0 heterocycles. The van der Waals surface area contributed by atoms with Gasteiger partial charge < -0.3 is 15.3 Å². The molecule has 4 heteroatoms. The number of carboxylic acids is 1. The Morgan fingerprint density at radius 3 is 2.23 bits per heavy atom. The van der Waals surface area contributed by atoms with E-state index in [1.807, 2.05) is 0 Å². The number of carboxylic acid groups (broad SMARTS) is 1. The minimum absolute atomic E-state index is 0.175. The molecule has 0 atom stereocenters. The molecule has 3 N–H and O–H groups in total. The van der Waals surface area contributed by atoms with Crippen molar-refractivity contribution in [3.8, 4) is 0 Å². The van der Waals surface area contributed by atoms with E-state index in [1.165, 1.54) is 0 Å². The molecule has 4 nitrogen and oxygen atoms in total. The zero-order chi connectivity index (χ0) is 10.3. The van der Waals surface area contributed by atoms with E-state index in [1.54, 1.807) is 13.8 Å². The van der Waals surface area contributed by atoms with E-state index in [0.29, 0.717) is 0 Å². The Balaban J connectivity index is 2.88. The largest absolute Gasteiger partial charge is 0.481 e. The predicted molar refractivity (Wildman–Crippen MR) is 46.2 cm³/mol. The molecule has 76 valence electrons. The first-order valence-corrected chi connectivity index (χ1v) is 4.38. The molecule has 0 aromatic carbocycles. The fourth-order valence-corrected chi connectivity index (χ4v) is 1.91. The summed E-state index contributed by atoms with van der Waals surface area (Å²) < 4.78 is 0. The molecule has 13 heavy (non-hydrogen) atoms. The average molecular weight is 188 g/mol. The Kier molecular flexibility index (Phi) is 2.38. The van der Waals surface area contributed by atoms with Gasteiger partial charge in [0.25, 0.3) is 0 Å². The molecule has 0 aromatic rings. The molecule has 0 aromatic heterocycles. The maximum absolute atomic E-state index is 11.0. The van der Waals surface area contributed by atoms with Crippen molar-refractivity contribution in [3.63, 3.8) is 0 Å². The summed E-state index contributed by atoms with van der Waals surface area (Å²) in [5, 5.41) is 27.3. The first kappa shape index (κ1) is 10.5. The number of aliphatic carboxylic acids is 1. The highest BCUT2D eigenvalue weighted by molar-refractivity contribution is 5.77. The van der Waals surface area contributed by atoms with Gasteiger partial charge >= 0.3 is 5.97 Å². The highest BCUT2D eigenvalue weighted by Gasteiger charge is 2.58. The number of hydrogen-bond donors (Lipinski definition) is 3. The van der Waals surface area contributed by atoms with Crippen LogP contribution in [0.4, 0.5) is 0 Å². The van der Waals surface area contributed by atoms with Crippen LogP contribution in [0.15, 0.2) is 0 Å². The Labute approximate surface area is 77.2 Å². The summed E-state index contributed by atoms with van der Waals surface area (Å²) >= 11 is 0. The lowest BCUT2D eigenvalue weighted by Gasteiger charge is -2.51. The SMILES string of the molecule is CC(C)(CO)C1(C(=O)O)CC(O)C1. The van der Waals surface area contributed by atoms with Crippen LogP contribution in [0, 0.1) is 10.8 Å². The average Bonchev–Trinajstić information content (AvgIpc) is 1.97. The van der Waals surface area contributed by atoms with Gasteiger partial charge in [0, 0.05) is 12.0 Å². The van der Waals surface area contributed by atoms with Gasteiger partial charge in [0.1, 0.15) is 0 Å². The summed E-state index contributed by atoms with van der Waals surface area (Å²) in [5.41, 5.74) is -1.61. The second-order valence-corrected chi connectivity index (χ2v) is 4.49. The molecular formula is C9H16O4. The third-order valence-corrected chi connectivity index (χ3v) is 3.27. The lowest BCUT2D eigenvalue weighted by atomic mass is 9.53. The molecule has 0 saturated heterocycles. The van der Waals surface area contributed by atoms with Gasteiger partial charge in [0.2, 0.25) is 0 Å². The van der Waals surface area contributed by atoms with Crippen LogP contribution in [0.2, 0.25) is 0 Å². The van der Waals surface area contributed by atoms with Crippen LogP contribution in [0.25, 0.3) is 0 Å². The number of rotatable bonds is 3. The van der Waals surface area contributed by atoms with Crippen molar-refractivity contribution >= 4 is 5.97 Å². The maximum atomic E-state index is 11.0. The second kappa shape index (κ2) is 2.96. The normalized spacial score (nSPS) is 34.0. The lowest BCUT2D eigenvalue weighted by molar-refractivity contribution is -0.184. The highest BCUT2D eigenvalue weighted by Crippen LogP contribution is 2.53. The van der Waals surface area contributed by atoms with Crippen molar-refractivity contribution in [1.29, 1.82) is 0 Å². The Morgan fingerprint density at radius 2 is 2.00 bits per heavy atom. The van der Waals surface area contributed by atoms with E-state index in [9.17, 15) is 4.79 Å². The summed E-state index contributed by atoms with van der Waals surface area (Å²) in [5.74, 6) is -0.920. The smallest absolute Gasteiger partial charge is 0.310 e. The van der Waals surface area contributed by atoms with Crippen molar-refractivity contribution in [2.45, 2.75) is 32.8 Å². The molecule has 0 bridgehead atoms. The van der Waals surface area contributed by atoms with Crippen molar-refractivity contribution in [2.75, 3.05) is 6.61 Å². The van der Waals surface area contributed by atoms with Crippen molar-refractivity contribution in [2.24, 2.45) is 10.8 Å². The van der Waals surface area contributed by atoms with Gasteiger partial charge in [-0.25, -0.2) is 0 Å². The van der Waals surface area contributed by atoms with E-state index in [2.05, 4.69) is 0 Å². The number of carbonyl (C=O) groups is 1. The van der Waals surface area contributed by atoms with Crippen LogP contribution in [-0.2, 0) is 4.79 Å². The topological polar surface area (TPSA) is 77.8 Å². The van der Waals surface area contributed by atoms with E-state index in [0.717, 1.165) is 0 Å². The number of aliphatic hydroxyl groups excluding tert-OH is 2. The van der Waals surface area contributed by atoms with Gasteiger partial charge in [-0.2, -0.15) is 0 Å². The van der Waals surface area contributed by atoms with Crippen molar-refractivity contribution in [1.82, 2.24) is 0 Å². The Hall–Kier alpha value is -0.610. The van der Waals surface area contributed by atoms with Gasteiger partial charge in [0.15, 0.2) is 0 Å². The molecule has 1 saturated carbocycles. The van der Waals surface area contributed by atoms with Crippen LogP contribution in [-0.4, -0.2) is 34.0 Å². The summed E-state index contributed by atoms with van der Waals surface area (Å²) in [6.07, 6.45) is -0.0341. The standard InChI is InChI=1S/C9H16O4/c1-8(2,5-10)9(7(12)13)3-6(11)4-9/h6,10-11H,3-5H2,1-2H3,(H,12,13). The third-order valence-electron chi connectivity index (χ3n) is 3.27. The lowest BCUT2D eigenvalue weighted by Crippen LogP contribution is -2.57. The van der Waals surface area contributed by atoms with Crippen LogP contribution in [0.5, 0.6) is 0 Å². The summed E-state index contributed by atoms with van der Waals surface area (Å²) in [4.78, 5) is 11.0. The Morgan fingerprint density at radius 1 is 1.54 bits per heavy atom. The van der Waals surface area contributed by atoms with E-state index >= 15 is 0 Å². The molecule has 0 radical (unpaired) electrons. The molecule has 1 aliphatic rings. The molecule has 0 unspecified atom stereocenters. The van der Waals surface area contributed by atoms with Gasteiger partial charge in [-0.3, -0.25) is 4.79 Å². The van der Waals surface area contributed by atoms with Gasteiger partial charge in [0.05, 0.1) is 11.5 Å². The van der Waals surface area contributed by atoms with Crippen LogP contribution < -0.4 is 0 Å². The zero-order valence-corrected chi connectivity index (χ0v) is 7.95. The first-order valence-electron chi connectivity index (χ1n) is 4.38. The highest BCUT2D eigenvalue weighted by atomic mass is 16.4. The monoisotopic (exact) mass is 188 g/mol. The third kappa shape index (κ3) is 1.34. The number of hydrogen-bond acceptors (Lipinski definition) is 3. The summed E-state index contributed by atoms with van der Waals surface area (Å²) in [6.45, 7) is 3.26. The van der Waals surface area contributed by atoms with E-state index in [-0.39, 0.29) is 19.4 Å². The fourth-order valence-electron chi connectivity index (χ4n) is 1.91. The molecule has 0 aliphatic heterocycles. The van der Waals surface area contributed by atoms with E-state index in [4.69, 9.17) is 15.3 Å². The van der Waals surface area contributed by atoms with Crippen LogP contribution >= 0.6 is 0 Å². The zero-order valence-electron chi connectivity index (χ0n) is 7.95. The summed E-state index contributed by atoms with van der Waals surface area (Å²) in [6, 6.07) is 0. The predicted octanol–water partition coefficient (Wildman–Crippen LogP) is 0.231. The quantitative estimate of drug-likeness (QED) is 0.592. The first-order chi connectivity index (χ1) is 5.85. The van der Waals surface area contributed by atoms with Crippen molar-refractivity contribution in [3.05, 3.63) is 0 Å². The van der Waals surface area contributed by atoms with Gasteiger partial charge in [-0.15, -0.1) is 0 Å². The van der Waals surface area contributed by atoms with Crippen molar-refractivity contribution < 1.29 is 20.1 Å². The Bertz CT molecular complexity index is 216. The molecule has 0 spiro atoms. The second-order valence-electron chi connectivity index (χ2n) is 4.49. The van der Waals surface area contributed by atoms with E-state index < -0.39 is 22.9 Å². The maximum Gasteiger partial charge on any atom is 0.310 e. The minimum Gasteiger partial charge on any atom is -0.481 e. The number of aliphatic hydroxyl groups is 2. The van der Waals surface area contributed by atoms with Gasteiger partial charge in [-0.1, -0.05) is 13.8 Å².